The maximum Gasteiger partial charge on any atom is 0.245 e. The molecule has 12 heteroatoms. The molecule has 1 fully saturated rings. The molecule has 0 unspecified atom stereocenters. The predicted octanol–water partition coefficient (Wildman–Crippen LogP) is 2.67. The van der Waals surface area contributed by atoms with Crippen molar-refractivity contribution < 1.29 is 31.1 Å². The molecule has 1 amide bonds. The van der Waals surface area contributed by atoms with E-state index in [0.717, 1.165) is 36.2 Å². The van der Waals surface area contributed by atoms with Crippen LogP contribution < -0.4 is 19.1 Å². The van der Waals surface area contributed by atoms with Crippen molar-refractivity contribution in [2.45, 2.75) is 30.6 Å². The fourth-order valence-electron chi connectivity index (χ4n) is 3.85. The van der Waals surface area contributed by atoms with Crippen molar-refractivity contribution in [1.29, 1.82) is 0 Å². The standard InChI is InChI=1S/C23H31N3O7S2/c1-32-19-10-13-22(33-2)21(16-19)26(34(3,28)29)17-23(27)24-18-8-11-20(12-9-18)35(30,31)25-14-6-4-5-7-15-25/h8-13,16H,4-7,14-15,17H2,1-3H3,(H,24,27). The van der Waals surface area contributed by atoms with Gasteiger partial charge >= 0.3 is 0 Å². The largest absolute Gasteiger partial charge is 0.497 e. The molecule has 0 spiro atoms. The Balaban J connectivity index is 1.76. The molecule has 0 saturated carbocycles. The number of ether oxygens (including phenoxy) is 2. The lowest BCUT2D eigenvalue weighted by atomic mass is 10.2. The first-order valence-corrected chi connectivity index (χ1v) is 14.4. The second-order valence-electron chi connectivity index (χ2n) is 8.20. The Kier molecular flexibility index (Phi) is 8.62. The number of anilines is 2. The summed E-state index contributed by atoms with van der Waals surface area (Å²) in [5.74, 6) is 0.0478. The minimum absolute atomic E-state index is 0.149. The van der Waals surface area contributed by atoms with Gasteiger partial charge < -0.3 is 14.8 Å². The Morgan fingerprint density at radius 1 is 0.943 bits per heavy atom. The van der Waals surface area contributed by atoms with Gasteiger partial charge in [-0.2, -0.15) is 4.31 Å². The Labute approximate surface area is 206 Å². The molecule has 1 N–H and O–H groups in total. The van der Waals surface area contributed by atoms with Crippen LogP contribution in [0, 0.1) is 0 Å². The van der Waals surface area contributed by atoms with Crippen LogP contribution in [0.25, 0.3) is 0 Å². The molecule has 2 aromatic rings. The molecule has 2 aromatic carbocycles. The van der Waals surface area contributed by atoms with Crippen molar-refractivity contribution in [2.75, 3.05) is 49.7 Å². The van der Waals surface area contributed by atoms with Crippen molar-refractivity contribution in [1.82, 2.24) is 4.31 Å². The van der Waals surface area contributed by atoms with Gasteiger partial charge in [0, 0.05) is 24.8 Å². The molecule has 3 rings (SSSR count). The average Bonchev–Trinajstić information content (AvgIpc) is 3.12. The summed E-state index contributed by atoms with van der Waals surface area (Å²) in [6.07, 6.45) is 4.69. The van der Waals surface area contributed by atoms with Crippen LogP contribution in [0.5, 0.6) is 11.5 Å². The van der Waals surface area contributed by atoms with Crippen molar-refractivity contribution >= 4 is 37.3 Å². The summed E-state index contributed by atoms with van der Waals surface area (Å²) in [5, 5.41) is 2.62. The van der Waals surface area contributed by atoms with Crippen molar-refractivity contribution in [3.8, 4) is 11.5 Å². The third kappa shape index (κ3) is 6.65. The SMILES string of the molecule is COc1ccc(OC)c(N(CC(=O)Nc2ccc(S(=O)(=O)N3CCCCCC3)cc2)S(C)(=O)=O)c1. The summed E-state index contributed by atoms with van der Waals surface area (Å²) >= 11 is 0. The highest BCUT2D eigenvalue weighted by molar-refractivity contribution is 7.92. The van der Waals surface area contributed by atoms with Crippen LogP contribution >= 0.6 is 0 Å². The normalized spacial score (nSPS) is 15.2. The number of rotatable bonds is 9. The van der Waals surface area contributed by atoms with Crippen LogP contribution in [-0.2, 0) is 24.8 Å². The van der Waals surface area contributed by atoms with E-state index in [1.807, 2.05) is 0 Å². The number of carbonyl (C=O) groups is 1. The highest BCUT2D eigenvalue weighted by atomic mass is 32.2. The predicted molar refractivity (Wildman–Crippen MR) is 134 cm³/mol. The van der Waals surface area contributed by atoms with Crippen molar-refractivity contribution in [2.24, 2.45) is 0 Å². The fourth-order valence-corrected chi connectivity index (χ4v) is 6.21. The molecule has 1 saturated heterocycles. The van der Waals surface area contributed by atoms with Crippen LogP contribution in [0.2, 0.25) is 0 Å². The zero-order chi connectivity index (χ0) is 25.6. The minimum Gasteiger partial charge on any atom is -0.497 e. The van der Waals surface area contributed by atoms with Gasteiger partial charge in [0.2, 0.25) is 26.0 Å². The molecule has 0 aliphatic carbocycles. The number of nitrogens with zero attached hydrogens (tertiary/aromatic N) is 2. The summed E-state index contributed by atoms with van der Waals surface area (Å²) in [5.41, 5.74) is 0.499. The average molecular weight is 526 g/mol. The van der Waals surface area contributed by atoms with Crippen LogP contribution in [0.4, 0.5) is 11.4 Å². The quantitative estimate of drug-likeness (QED) is 0.534. The Hall–Kier alpha value is -2.83. The molecule has 1 aliphatic heterocycles. The molecule has 0 radical (unpaired) electrons. The maximum atomic E-state index is 12.9. The highest BCUT2D eigenvalue weighted by Gasteiger charge is 2.26. The molecule has 0 atom stereocenters. The highest BCUT2D eigenvalue weighted by Crippen LogP contribution is 2.33. The Morgan fingerprint density at radius 2 is 1.57 bits per heavy atom. The van der Waals surface area contributed by atoms with Crippen LogP contribution in [0.1, 0.15) is 25.7 Å². The number of nitrogens with one attached hydrogen (secondary N) is 1. The van der Waals surface area contributed by atoms with Gasteiger partial charge in [-0.3, -0.25) is 9.10 Å². The number of sulfonamides is 2. The van der Waals surface area contributed by atoms with Gasteiger partial charge in [-0.1, -0.05) is 12.8 Å². The van der Waals surface area contributed by atoms with Gasteiger partial charge in [0.25, 0.3) is 0 Å². The minimum atomic E-state index is -3.85. The van der Waals surface area contributed by atoms with Gasteiger partial charge in [0.05, 0.1) is 31.1 Å². The van der Waals surface area contributed by atoms with E-state index in [4.69, 9.17) is 9.47 Å². The smallest absolute Gasteiger partial charge is 0.245 e. The third-order valence-corrected chi connectivity index (χ3v) is 8.72. The van der Waals surface area contributed by atoms with E-state index in [0.29, 0.717) is 24.5 Å². The lowest BCUT2D eigenvalue weighted by Crippen LogP contribution is -2.37. The first-order chi connectivity index (χ1) is 16.6. The number of methoxy groups -OCH3 is 2. The molecule has 10 nitrogen and oxygen atoms in total. The Morgan fingerprint density at radius 3 is 2.11 bits per heavy atom. The van der Waals surface area contributed by atoms with E-state index < -0.39 is 32.5 Å². The summed E-state index contributed by atoms with van der Waals surface area (Å²) in [4.78, 5) is 12.9. The summed E-state index contributed by atoms with van der Waals surface area (Å²) < 4.78 is 63.7. The molecule has 35 heavy (non-hydrogen) atoms. The number of hydrogen-bond donors (Lipinski definition) is 1. The molecule has 192 valence electrons. The van der Waals surface area contributed by atoms with Gasteiger partial charge in [-0.15, -0.1) is 0 Å². The Bertz CT molecular complexity index is 1240. The number of benzene rings is 2. The lowest BCUT2D eigenvalue weighted by Gasteiger charge is -2.24. The van der Waals surface area contributed by atoms with E-state index in [2.05, 4.69) is 5.32 Å². The summed E-state index contributed by atoms with van der Waals surface area (Å²) in [6, 6.07) is 10.5. The van der Waals surface area contributed by atoms with E-state index in [9.17, 15) is 21.6 Å². The molecule has 0 aromatic heterocycles. The second-order valence-corrected chi connectivity index (χ2v) is 12.0. The van der Waals surface area contributed by atoms with Gasteiger partial charge in [-0.05, 0) is 49.2 Å². The third-order valence-electron chi connectivity index (χ3n) is 5.68. The van der Waals surface area contributed by atoms with Crippen molar-refractivity contribution in [3.63, 3.8) is 0 Å². The van der Waals surface area contributed by atoms with Crippen LogP contribution in [-0.4, -0.2) is 67.2 Å². The van der Waals surface area contributed by atoms with Crippen LogP contribution in [0.3, 0.4) is 0 Å². The molecule has 0 bridgehead atoms. The van der Waals surface area contributed by atoms with Crippen LogP contribution in [0.15, 0.2) is 47.4 Å². The second kappa shape index (κ2) is 11.3. The van der Waals surface area contributed by atoms with E-state index in [-0.39, 0.29) is 16.3 Å². The lowest BCUT2D eigenvalue weighted by molar-refractivity contribution is -0.114. The van der Waals surface area contributed by atoms with Gasteiger partial charge in [0.15, 0.2) is 0 Å². The fraction of sp³-hybridized carbons (Fsp3) is 0.435. The first-order valence-electron chi connectivity index (χ1n) is 11.2. The molecular weight excluding hydrogens is 494 g/mol. The maximum absolute atomic E-state index is 12.9. The monoisotopic (exact) mass is 525 g/mol. The molecular formula is C23H31N3O7S2. The summed E-state index contributed by atoms with van der Waals surface area (Å²) in [6.45, 7) is 0.474. The van der Waals surface area contributed by atoms with Gasteiger partial charge in [-0.25, -0.2) is 16.8 Å². The number of hydrogen-bond acceptors (Lipinski definition) is 7. The zero-order valence-electron chi connectivity index (χ0n) is 20.1. The first kappa shape index (κ1) is 26.8. The summed E-state index contributed by atoms with van der Waals surface area (Å²) in [7, 11) is -4.62. The number of amides is 1. The molecule has 1 heterocycles. The molecule has 1 aliphatic rings. The van der Waals surface area contributed by atoms with E-state index >= 15 is 0 Å². The van der Waals surface area contributed by atoms with Crippen molar-refractivity contribution in [3.05, 3.63) is 42.5 Å². The van der Waals surface area contributed by atoms with Gasteiger partial charge in [0.1, 0.15) is 18.0 Å². The zero-order valence-corrected chi connectivity index (χ0v) is 21.7. The number of carbonyl (C=O) groups excluding carboxylic acids is 1. The van der Waals surface area contributed by atoms with E-state index in [1.54, 1.807) is 12.1 Å². The van der Waals surface area contributed by atoms with E-state index in [1.165, 1.54) is 48.9 Å². The topological polar surface area (TPSA) is 122 Å².